The molecule has 1 heterocycles. The summed E-state index contributed by atoms with van der Waals surface area (Å²) in [6.07, 6.45) is 3.30. The molecule has 104 valence electrons. The Kier molecular flexibility index (Phi) is 4.54. The van der Waals surface area contributed by atoms with Crippen molar-refractivity contribution in [2.45, 2.75) is 13.0 Å². The lowest BCUT2D eigenvalue weighted by Gasteiger charge is -2.37. The van der Waals surface area contributed by atoms with Gasteiger partial charge in [0.15, 0.2) is 0 Å². The van der Waals surface area contributed by atoms with Crippen molar-refractivity contribution < 1.29 is 4.79 Å². The topological polar surface area (TPSA) is 47.3 Å². The van der Waals surface area contributed by atoms with Crippen LogP contribution in [0.1, 0.15) is 18.1 Å². The second kappa shape index (κ2) is 6.36. The van der Waals surface area contributed by atoms with Crippen LogP contribution in [0.3, 0.4) is 0 Å². The molecule has 0 aromatic heterocycles. The van der Waals surface area contributed by atoms with E-state index in [9.17, 15) is 4.79 Å². The summed E-state index contributed by atoms with van der Waals surface area (Å²) >= 11 is 0. The van der Waals surface area contributed by atoms with Crippen LogP contribution in [-0.4, -0.2) is 48.4 Å². The van der Waals surface area contributed by atoms with Crippen LogP contribution >= 0.6 is 0 Å². The predicted octanol–water partition coefficient (Wildman–Crippen LogP) is 1.73. The first-order chi connectivity index (χ1) is 9.61. The number of nitrogens with zero attached hydrogens (tertiary/aromatic N) is 3. The summed E-state index contributed by atoms with van der Waals surface area (Å²) in [7, 11) is 2.07. The Balaban J connectivity index is 2.08. The zero-order valence-electron chi connectivity index (χ0n) is 11.9. The normalized spacial score (nSPS) is 20.1. The van der Waals surface area contributed by atoms with Crippen molar-refractivity contribution in [2.24, 2.45) is 0 Å². The summed E-state index contributed by atoms with van der Waals surface area (Å²) in [5, 5.41) is 9.02. The molecule has 0 radical (unpaired) electrons. The lowest BCUT2D eigenvalue weighted by atomic mass is 10.1. The number of hydrogen-bond acceptors (Lipinski definition) is 3. The van der Waals surface area contributed by atoms with Crippen LogP contribution in [0.4, 0.5) is 0 Å². The summed E-state index contributed by atoms with van der Waals surface area (Å²) in [6.45, 7) is 4.61. The highest BCUT2D eigenvalue weighted by atomic mass is 16.2. The van der Waals surface area contributed by atoms with Crippen molar-refractivity contribution in [2.75, 3.05) is 26.7 Å². The van der Waals surface area contributed by atoms with Crippen LogP contribution in [0.15, 0.2) is 30.3 Å². The van der Waals surface area contributed by atoms with Gasteiger partial charge in [-0.3, -0.25) is 4.79 Å². The molecule has 0 N–H and O–H groups in total. The number of likely N-dealkylation sites (N-methyl/N-ethyl adjacent to an activating group) is 1. The second-order valence-electron chi connectivity index (χ2n) is 5.18. The van der Waals surface area contributed by atoms with E-state index < -0.39 is 0 Å². The lowest BCUT2D eigenvalue weighted by Crippen LogP contribution is -2.52. The van der Waals surface area contributed by atoms with Gasteiger partial charge in [0.05, 0.1) is 11.6 Å². The van der Waals surface area contributed by atoms with Crippen LogP contribution in [0, 0.1) is 11.3 Å². The van der Waals surface area contributed by atoms with E-state index in [0.717, 1.165) is 25.2 Å². The Labute approximate surface area is 119 Å². The molecule has 1 aliphatic heterocycles. The number of carbonyl (C=O) groups is 1. The van der Waals surface area contributed by atoms with Crippen molar-refractivity contribution in [3.63, 3.8) is 0 Å². The lowest BCUT2D eigenvalue weighted by molar-refractivity contribution is -0.130. The maximum atomic E-state index is 12.2. The molecular weight excluding hydrogens is 250 g/mol. The van der Waals surface area contributed by atoms with Crippen LogP contribution in [0.5, 0.6) is 0 Å². The Morgan fingerprint density at radius 2 is 2.15 bits per heavy atom. The van der Waals surface area contributed by atoms with E-state index in [-0.39, 0.29) is 11.9 Å². The number of piperazine rings is 1. The van der Waals surface area contributed by atoms with Crippen molar-refractivity contribution in [1.82, 2.24) is 9.80 Å². The molecule has 1 amide bonds. The first-order valence-electron chi connectivity index (χ1n) is 6.78. The fourth-order valence-corrected chi connectivity index (χ4v) is 2.47. The Bertz CT molecular complexity index is 559. The average Bonchev–Trinajstić information content (AvgIpc) is 2.45. The summed E-state index contributed by atoms with van der Waals surface area (Å²) < 4.78 is 0. The van der Waals surface area contributed by atoms with Crippen LogP contribution in [0.2, 0.25) is 0 Å². The zero-order chi connectivity index (χ0) is 14.5. The predicted molar refractivity (Wildman–Crippen MR) is 78.9 cm³/mol. The molecule has 0 aliphatic carbocycles. The van der Waals surface area contributed by atoms with Gasteiger partial charge < -0.3 is 9.80 Å². The molecule has 0 spiro atoms. The van der Waals surface area contributed by atoms with Gasteiger partial charge in [0, 0.05) is 31.8 Å². The molecular formula is C16H19N3O. The largest absolute Gasteiger partial charge is 0.334 e. The van der Waals surface area contributed by atoms with Crippen molar-refractivity contribution in [1.29, 1.82) is 5.26 Å². The minimum Gasteiger partial charge on any atom is -0.334 e. The van der Waals surface area contributed by atoms with E-state index in [0.29, 0.717) is 5.56 Å². The third-order valence-corrected chi connectivity index (χ3v) is 3.60. The fourth-order valence-electron chi connectivity index (χ4n) is 2.47. The number of rotatable bonds is 2. The number of carbonyl (C=O) groups excluding carboxylic acids is 1. The molecule has 1 aromatic rings. The highest BCUT2D eigenvalue weighted by molar-refractivity contribution is 5.92. The molecule has 4 heteroatoms. The zero-order valence-corrected chi connectivity index (χ0v) is 11.9. The van der Waals surface area contributed by atoms with E-state index in [1.807, 2.05) is 23.1 Å². The fraction of sp³-hybridized carbons (Fsp3) is 0.375. The van der Waals surface area contributed by atoms with E-state index in [4.69, 9.17) is 5.26 Å². The molecule has 1 unspecified atom stereocenters. The third-order valence-electron chi connectivity index (χ3n) is 3.60. The molecule has 2 rings (SSSR count). The minimum atomic E-state index is 0.0124. The van der Waals surface area contributed by atoms with Gasteiger partial charge in [-0.25, -0.2) is 0 Å². The monoisotopic (exact) mass is 269 g/mol. The molecule has 20 heavy (non-hydrogen) atoms. The van der Waals surface area contributed by atoms with E-state index in [2.05, 4.69) is 24.9 Å². The standard InChI is InChI=1S/C16H19N3O/c1-13-12-18(2)9-10-19(13)16(20)8-7-14-5-3-4-6-15(14)11-17/h3-8,13H,9-10,12H2,1-2H3/b8-7+. The highest BCUT2D eigenvalue weighted by Gasteiger charge is 2.23. The maximum Gasteiger partial charge on any atom is 0.246 e. The van der Waals surface area contributed by atoms with Gasteiger partial charge in [-0.15, -0.1) is 0 Å². The minimum absolute atomic E-state index is 0.0124. The Hall–Kier alpha value is -2.12. The number of hydrogen-bond donors (Lipinski definition) is 0. The Morgan fingerprint density at radius 1 is 1.40 bits per heavy atom. The van der Waals surface area contributed by atoms with Crippen LogP contribution < -0.4 is 0 Å². The van der Waals surface area contributed by atoms with Gasteiger partial charge in [0.25, 0.3) is 0 Å². The van der Waals surface area contributed by atoms with Crippen LogP contribution in [0.25, 0.3) is 6.08 Å². The summed E-state index contributed by atoms with van der Waals surface area (Å²) in [6, 6.07) is 9.63. The number of benzene rings is 1. The molecule has 0 saturated carbocycles. The van der Waals surface area contributed by atoms with E-state index >= 15 is 0 Å². The second-order valence-corrected chi connectivity index (χ2v) is 5.18. The van der Waals surface area contributed by atoms with Gasteiger partial charge in [0.2, 0.25) is 5.91 Å². The van der Waals surface area contributed by atoms with E-state index in [1.54, 1.807) is 18.2 Å². The van der Waals surface area contributed by atoms with Crippen molar-refractivity contribution >= 4 is 12.0 Å². The first kappa shape index (κ1) is 14.3. The first-order valence-corrected chi connectivity index (χ1v) is 6.78. The highest BCUT2D eigenvalue weighted by Crippen LogP contribution is 2.12. The number of amides is 1. The maximum absolute atomic E-state index is 12.2. The number of nitriles is 1. The van der Waals surface area contributed by atoms with Gasteiger partial charge in [-0.2, -0.15) is 5.26 Å². The molecule has 4 nitrogen and oxygen atoms in total. The van der Waals surface area contributed by atoms with Crippen molar-refractivity contribution in [3.05, 3.63) is 41.5 Å². The van der Waals surface area contributed by atoms with Gasteiger partial charge in [0.1, 0.15) is 0 Å². The molecule has 0 bridgehead atoms. The Morgan fingerprint density at radius 3 is 2.85 bits per heavy atom. The molecule has 1 fully saturated rings. The molecule has 1 saturated heterocycles. The SMILES string of the molecule is CC1CN(C)CCN1C(=O)/C=C/c1ccccc1C#N. The van der Waals surface area contributed by atoms with Crippen LogP contribution in [-0.2, 0) is 4.79 Å². The van der Waals surface area contributed by atoms with Gasteiger partial charge >= 0.3 is 0 Å². The third kappa shape index (κ3) is 3.25. The van der Waals surface area contributed by atoms with Gasteiger partial charge in [-0.1, -0.05) is 18.2 Å². The molecule has 1 aromatic carbocycles. The quantitative estimate of drug-likeness (QED) is 0.768. The molecule has 1 aliphatic rings. The van der Waals surface area contributed by atoms with Crippen molar-refractivity contribution in [3.8, 4) is 6.07 Å². The van der Waals surface area contributed by atoms with E-state index in [1.165, 1.54) is 0 Å². The van der Waals surface area contributed by atoms with Gasteiger partial charge in [-0.05, 0) is 31.7 Å². The summed E-state index contributed by atoms with van der Waals surface area (Å²) in [4.78, 5) is 16.3. The average molecular weight is 269 g/mol. The molecule has 1 atom stereocenters. The smallest absolute Gasteiger partial charge is 0.246 e. The summed E-state index contributed by atoms with van der Waals surface area (Å²) in [5.41, 5.74) is 1.37. The summed E-state index contributed by atoms with van der Waals surface area (Å²) in [5.74, 6) is 0.0124.